The maximum Gasteiger partial charge on any atom is 0.261 e. The molecule has 0 aliphatic carbocycles. The number of thiophene rings is 1. The van der Waals surface area contributed by atoms with Gasteiger partial charge in [-0.2, -0.15) is 5.10 Å². The van der Waals surface area contributed by atoms with Crippen LogP contribution in [0.2, 0.25) is 5.02 Å². The van der Waals surface area contributed by atoms with Crippen molar-refractivity contribution in [3.8, 4) is 5.75 Å². The highest BCUT2D eigenvalue weighted by Crippen LogP contribution is 2.22. The fourth-order valence-electron chi connectivity index (χ4n) is 2.83. The third kappa shape index (κ3) is 4.52. The predicted octanol–water partition coefficient (Wildman–Crippen LogP) is 4.76. The smallest absolute Gasteiger partial charge is 0.261 e. The van der Waals surface area contributed by atoms with Crippen LogP contribution in [-0.4, -0.2) is 22.2 Å². The Morgan fingerprint density at radius 2 is 2.04 bits per heavy atom. The summed E-state index contributed by atoms with van der Waals surface area (Å²) in [6.45, 7) is 1.48. The van der Waals surface area contributed by atoms with Crippen molar-refractivity contribution in [2.75, 3.05) is 6.54 Å². The molecule has 28 heavy (non-hydrogen) atoms. The van der Waals surface area contributed by atoms with E-state index in [1.807, 2.05) is 41.8 Å². The average molecular weight is 412 g/mol. The maximum absolute atomic E-state index is 12.3. The molecule has 0 atom stereocenters. The molecule has 2 aromatic heterocycles. The van der Waals surface area contributed by atoms with Crippen molar-refractivity contribution in [2.45, 2.75) is 13.2 Å². The van der Waals surface area contributed by atoms with E-state index in [-0.39, 0.29) is 5.91 Å². The minimum Gasteiger partial charge on any atom is -0.489 e. The largest absolute Gasteiger partial charge is 0.489 e. The lowest BCUT2D eigenvalue weighted by atomic mass is 10.1. The number of carbonyl (C=O) groups excluding carboxylic acids is 1. The fourth-order valence-corrected chi connectivity index (χ4v) is 3.80. The first-order valence-electron chi connectivity index (χ1n) is 8.82. The zero-order valence-corrected chi connectivity index (χ0v) is 16.5. The minimum atomic E-state index is -0.0970. The molecular formula is C21H18ClN3O2S. The Kier molecular flexibility index (Phi) is 5.60. The lowest BCUT2D eigenvalue weighted by molar-refractivity contribution is 0.0956. The van der Waals surface area contributed by atoms with Gasteiger partial charge in [0.05, 0.1) is 22.6 Å². The van der Waals surface area contributed by atoms with Gasteiger partial charge in [0.2, 0.25) is 0 Å². The highest BCUT2D eigenvalue weighted by Gasteiger charge is 2.09. The molecule has 0 spiro atoms. The van der Waals surface area contributed by atoms with Crippen LogP contribution in [0, 0.1) is 0 Å². The highest BCUT2D eigenvalue weighted by atomic mass is 35.5. The number of fused-ring (bicyclic) bond motifs is 1. The lowest BCUT2D eigenvalue weighted by Gasteiger charge is -2.06. The van der Waals surface area contributed by atoms with Crippen LogP contribution in [0.5, 0.6) is 5.75 Å². The molecule has 7 heteroatoms. The molecule has 0 saturated heterocycles. The Labute approximate surface area is 171 Å². The molecule has 0 bridgehead atoms. The number of hydrogen-bond acceptors (Lipinski definition) is 4. The average Bonchev–Trinajstić information content (AvgIpc) is 3.35. The number of carbonyl (C=O) groups is 1. The van der Waals surface area contributed by atoms with E-state index in [2.05, 4.69) is 22.5 Å². The van der Waals surface area contributed by atoms with Crippen LogP contribution in [0.4, 0.5) is 0 Å². The van der Waals surface area contributed by atoms with Crippen LogP contribution in [0.1, 0.15) is 15.2 Å². The summed E-state index contributed by atoms with van der Waals surface area (Å²) in [5.41, 5.74) is 0.974. The Morgan fingerprint density at radius 3 is 2.86 bits per heavy atom. The molecule has 0 saturated carbocycles. The lowest BCUT2D eigenvalue weighted by Crippen LogP contribution is -2.26. The van der Waals surface area contributed by atoms with E-state index in [9.17, 15) is 4.79 Å². The first-order chi connectivity index (χ1) is 13.7. The third-order valence-corrected chi connectivity index (χ3v) is 5.41. The fraction of sp³-hybridized carbons (Fsp3) is 0.143. The van der Waals surface area contributed by atoms with Crippen molar-refractivity contribution in [3.63, 3.8) is 0 Å². The summed E-state index contributed by atoms with van der Waals surface area (Å²) in [5, 5.41) is 11.8. The first kappa shape index (κ1) is 18.5. The second-order valence-corrected chi connectivity index (χ2v) is 7.64. The van der Waals surface area contributed by atoms with E-state index in [1.165, 1.54) is 16.7 Å². The molecule has 142 valence electrons. The molecule has 1 N–H and O–H groups in total. The predicted molar refractivity (Wildman–Crippen MR) is 112 cm³/mol. The third-order valence-electron chi connectivity index (χ3n) is 4.23. The van der Waals surface area contributed by atoms with Gasteiger partial charge in [-0.05, 0) is 34.4 Å². The van der Waals surface area contributed by atoms with E-state index in [0.29, 0.717) is 29.6 Å². The number of rotatable bonds is 7. The zero-order valence-electron chi connectivity index (χ0n) is 15.0. The Balaban J connectivity index is 1.30. The van der Waals surface area contributed by atoms with Gasteiger partial charge in [-0.1, -0.05) is 41.9 Å². The number of halogens is 1. The number of nitrogens with one attached hydrogen (secondary N) is 1. The standard InChI is InChI=1S/C21H18ClN3O2S/c22-18-11-24-25(12-18)8-7-23-21(26)20-9-15(14-28-20)13-27-19-6-5-16-3-1-2-4-17(16)10-19/h1-6,9-12,14H,7-8,13H2,(H,23,26). The Morgan fingerprint density at radius 1 is 1.18 bits per heavy atom. The quantitative estimate of drug-likeness (QED) is 0.477. The summed E-state index contributed by atoms with van der Waals surface area (Å²) in [7, 11) is 0. The van der Waals surface area contributed by atoms with Crippen molar-refractivity contribution in [2.24, 2.45) is 0 Å². The van der Waals surface area contributed by atoms with E-state index in [1.54, 1.807) is 17.1 Å². The monoisotopic (exact) mass is 411 g/mol. The molecule has 4 aromatic rings. The van der Waals surface area contributed by atoms with E-state index < -0.39 is 0 Å². The minimum absolute atomic E-state index is 0.0970. The SMILES string of the molecule is O=C(NCCn1cc(Cl)cn1)c1cc(COc2ccc3ccccc3c2)cs1. The topological polar surface area (TPSA) is 56.2 Å². The van der Waals surface area contributed by atoms with Gasteiger partial charge in [0.1, 0.15) is 12.4 Å². The zero-order chi connectivity index (χ0) is 19.3. The first-order valence-corrected chi connectivity index (χ1v) is 10.1. The summed E-state index contributed by atoms with van der Waals surface area (Å²) in [5.74, 6) is 0.717. The van der Waals surface area contributed by atoms with Crippen molar-refractivity contribution in [3.05, 3.63) is 81.8 Å². The molecule has 0 aliphatic heterocycles. The number of nitrogens with zero attached hydrogens (tertiary/aromatic N) is 2. The van der Waals surface area contributed by atoms with Gasteiger partial charge in [-0.25, -0.2) is 0 Å². The molecule has 2 heterocycles. The van der Waals surface area contributed by atoms with Crippen molar-refractivity contribution in [1.82, 2.24) is 15.1 Å². The van der Waals surface area contributed by atoms with Crippen molar-refractivity contribution < 1.29 is 9.53 Å². The maximum atomic E-state index is 12.3. The molecule has 0 fully saturated rings. The van der Waals surface area contributed by atoms with Gasteiger partial charge >= 0.3 is 0 Å². The molecule has 2 aromatic carbocycles. The Hall–Kier alpha value is -2.83. The molecule has 1 amide bonds. The van der Waals surface area contributed by atoms with Crippen LogP contribution < -0.4 is 10.1 Å². The van der Waals surface area contributed by atoms with Crippen LogP contribution in [-0.2, 0) is 13.2 Å². The Bertz CT molecular complexity index is 1110. The second kappa shape index (κ2) is 8.46. The van der Waals surface area contributed by atoms with Crippen LogP contribution in [0.25, 0.3) is 10.8 Å². The number of benzene rings is 2. The summed E-state index contributed by atoms with van der Waals surface area (Å²) >= 11 is 7.23. The van der Waals surface area contributed by atoms with Gasteiger partial charge in [0.15, 0.2) is 0 Å². The molecule has 0 unspecified atom stereocenters. The number of ether oxygens (including phenoxy) is 1. The van der Waals surface area contributed by atoms with Crippen molar-refractivity contribution in [1.29, 1.82) is 0 Å². The summed E-state index contributed by atoms with van der Waals surface area (Å²) in [4.78, 5) is 12.9. The van der Waals surface area contributed by atoms with Crippen molar-refractivity contribution >= 4 is 39.6 Å². The number of hydrogen-bond donors (Lipinski definition) is 1. The highest BCUT2D eigenvalue weighted by molar-refractivity contribution is 7.12. The normalized spacial score (nSPS) is 10.9. The molecular weight excluding hydrogens is 394 g/mol. The van der Waals surface area contributed by atoms with Gasteiger partial charge in [0.25, 0.3) is 5.91 Å². The number of aromatic nitrogens is 2. The van der Waals surface area contributed by atoms with Crippen LogP contribution in [0.15, 0.2) is 66.3 Å². The van der Waals surface area contributed by atoms with E-state index in [4.69, 9.17) is 16.3 Å². The molecule has 0 radical (unpaired) electrons. The van der Waals surface area contributed by atoms with Gasteiger partial charge < -0.3 is 10.1 Å². The number of amides is 1. The summed E-state index contributed by atoms with van der Waals surface area (Å²) in [6, 6.07) is 16.1. The van der Waals surface area contributed by atoms with Crippen LogP contribution in [0.3, 0.4) is 0 Å². The molecule has 5 nitrogen and oxygen atoms in total. The van der Waals surface area contributed by atoms with Crippen LogP contribution >= 0.6 is 22.9 Å². The van der Waals surface area contributed by atoms with E-state index >= 15 is 0 Å². The van der Waals surface area contributed by atoms with E-state index in [0.717, 1.165) is 16.7 Å². The van der Waals surface area contributed by atoms with Gasteiger partial charge in [-0.15, -0.1) is 11.3 Å². The van der Waals surface area contributed by atoms with Gasteiger partial charge in [0, 0.05) is 18.3 Å². The second-order valence-electron chi connectivity index (χ2n) is 6.29. The molecule has 4 rings (SSSR count). The molecule has 0 aliphatic rings. The van der Waals surface area contributed by atoms with Gasteiger partial charge in [-0.3, -0.25) is 9.48 Å². The summed E-state index contributed by atoms with van der Waals surface area (Å²) in [6.07, 6.45) is 3.30. The summed E-state index contributed by atoms with van der Waals surface area (Å²) < 4.78 is 7.58.